The molecule has 1 aliphatic heterocycles. The van der Waals surface area contributed by atoms with Crippen LogP contribution >= 0.6 is 0 Å². The molecule has 0 spiro atoms. The Morgan fingerprint density at radius 2 is 2.42 bits per heavy atom. The topological polar surface area (TPSA) is 42.0 Å². The molecule has 3 heteroatoms. The van der Waals surface area contributed by atoms with Crippen molar-refractivity contribution in [2.45, 2.75) is 12.5 Å². The second-order valence-corrected chi connectivity index (χ2v) is 2.90. The molecular formula is C9H10N2O. The molecule has 0 radical (unpaired) electrons. The fourth-order valence-corrected chi connectivity index (χ4v) is 1.27. The van der Waals surface area contributed by atoms with Gasteiger partial charge >= 0.3 is 0 Å². The van der Waals surface area contributed by atoms with E-state index in [1.165, 1.54) is 0 Å². The van der Waals surface area contributed by atoms with Gasteiger partial charge in [0.1, 0.15) is 5.69 Å². The Hall–Kier alpha value is -1.22. The van der Waals surface area contributed by atoms with Gasteiger partial charge in [-0.2, -0.15) is 0 Å². The number of rotatable bonds is 2. The molecule has 1 atom stereocenters. The van der Waals surface area contributed by atoms with E-state index < -0.39 is 0 Å². The molecule has 3 nitrogen and oxygen atoms in total. The van der Waals surface area contributed by atoms with Crippen LogP contribution in [0, 0.1) is 0 Å². The number of carbonyl (C=O) groups excluding carboxylic acids is 1. The third-order valence-corrected chi connectivity index (χ3v) is 2.09. The lowest BCUT2D eigenvalue weighted by molar-refractivity contribution is 0.111. The van der Waals surface area contributed by atoms with Crippen LogP contribution in [0.15, 0.2) is 18.2 Å². The van der Waals surface area contributed by atoms with E-state index in [4.69, 9.17) is 0 Å². The molecule has 62 valence electrons. The summed E-state index contributed by atoms with van der Waals surface area (Å²) >= 11 is 0. The Kier molecular flexibility index (Phi) is 1.87. The van der Waals surface area contributed by atoms with Gasteiger partial charge in [-0.1, -0.05) is 6.07 Å². The highest BCUT2D eigenvalue weighted by molar-refractivity contribution is 5.71. The molecule has 1 aromatic rings. The monoisotopic (exact) mass is 162 g/mol. The fraction of sp³-hybridized carbons (Fsp3) is 0.333. The van der Waals surface area contributed by atoms with Crippen molar-refractivity contribution in [2.24, 2.45) is 0 Å². The first-order valence-corrected chi connectivity index (χ1v) is 4.05. The second kappa shape index (κ2) is 3.03. The first-order valence-electron chi connectivity index (χ1n) is 4.05. The molecule has 2 heterocycles. The predicted molar refractivity (Wildman–Crippen MR) is 45.0 cm³/mol. The molecule has 1 saturated heterocycles. The molecule has 1 fully saturated rings. The van der Waals surface area contributed by atoms with Gasteiger partial charge in [-0.25, -0.2) is 4.98 Å². The van der Waals surface area contributed by atoms with Gasteiger partial charge in [0.15, 0.2) is 6.29 Å². The lowest BCUT2D eigenvalue weighted by atomic mass is 10.0. The van der Waals surface area contributed by atoms with Crippen molar-refractivity contribution in [2.75, 3.05) is 6.54 Å². The highest BCUT2D eigenvalue weighted by Crippen LogP contribution is 2.20. The molecule has 2 rings (SSSR count). The van der Waals surface area contributed by atoms with E-state index in [1.807, 2.05) is 12.1 Å². The third kappa shape index (κ3) is 1.23. The minimum atomic E-state index is 0.366. The van der Waals surface area contributed by atoms with Crippen LogP contribution in [0.1, 0.15) is 28.6 Å². The van der Waals surface area contributed by atoms with E-state index >= 15 is 0 Å². The number of hydrogen-bond donors (Lipinski definition) is 1. The maximum absolute atomic E-state index is 10.4. The molecule has 1 unspecified atom stereocenters. The zero-order valence-corrected chi connectivity index (χ0v) is 6.66. The molecule has 0 aliphatic carbocycles. The van der Waals surface area contributed by atoms with Gasteiger partial charge in [0.05, 0.1) is 11.7 Å². The summed E-state index contributed by atoms with van der Waals surface area (Å²) < 4.78 is 0. The summed E-state index contributed by atoms with van der Waals surface area (Å²) in [5, 5.41) is 3.23. The van der Waals surface area contributed by atoms with E-state index in [2.05, 4.69) is 10.3 Å². The molecule has 0 saturated carbocycles. The maximum Gasteiger partial charge on any atom is 0.168 e. The second-order valence-electron chi connectivity index (χ2n) is 2.90. The maximum atomic E-state index is 10.4. The molecule has 1 N–H and O–H groups in total. The van der Waals surface area contributed by atoms with Crippen molar-refractivity contribution in [1.29, 1.82) is 0 Å². The third-order valence-electron chi connectivity index (χ3n) is 2.09. The lowest BCUT2D eigenvalue weighted by Gasteiger charge is -2.26. The minimum Gasteiger partial charge on any atom is -0.309 e. The van der Waals surface area contributed by atoms with E-state index in [9.17, 15) is 4.79 Å². The standard InChI is InChI=1S/C9H10N2O/c12-6-7-2-1-3-9(11-7)8-4-5-10-8/h1-3,6,8,10H,4-5H2. The first kappa shape index (κ1) is 7.43. The zero-order chi connectivity index (χ0) is 8.39. The summed E-state index contributed by atoms with van der Waals surface area (Å²) in [5.41, 5.74) is 1.49. The van der Waals surface area contributed by atoms with Crippen LogP contribution < -0.4 is 5.32 Å². The number of carbonyl (C=O) groups is 1. The van der Waals surface area contributed by atoms with Gasteiger partial charge in [-0.3, -0.25) is 4.79 Å². The molecule has 0 aromatic carbocycles. The summed E-state index contributed by atoms with van der Waals surface area (Å²) in [7, 11) is 0. The molecule has 0 amide bonds. The highest BCUT2D eigenvalue weighted by Gasteiger charge is 2.19. The van der Waals surface area contributed by atoms with Crippen LogP contribution in [0.5, 0.6) is 0 Å². The Balaban J connectivity index is 2.25. The fourth-order valence-electron chi connectivity index (χ4n) is 1.27. The Labute approximate surface area is 70.8 Å². The van der Waals surface area contributed by atoms with Gasteiger partial charge in [0.25, 0.3) is 0 Å². The van der Waals surface area contributed by atoms with Crippen molar-refractivity contribution in [1.82, 2.24) is 10.3 Å². The lowest BCUT2D eigenvalue weighted by Crippen LogP contribution is -2.35. The van der Waals surface area contributed by atoms with Gasteiger partial charge < -0.3 is 5.32 Å². The number of hydrogen-bond acceptors (Lipinski definition) is 3. The normalized spacial score (nSPS) is 21.5. The smallest absolute Gasteiger partial charge is 0.168 e. The quantitative estimate of drug-likeness (QED) is 0.658. The number of nitrogens with one attached hydrogen (secondary N) is 1. The Bertz CT molecular complexity index is 294. The highest BCUT2D eigenvalue weighted by atomic mass is 16.1. The Morgan fingerprint density at radius 1 is 1.58 bits per heavy atom. The zero-order valence-electron chi connectivity index (χ0n) is 6.66. The molecular weight excluding hydrogens is 152 g/mol. The predicted octanol–water partition coefficient (Wildman–Crippen LogP) is 0.928. The van der Waals surface area contributed by atoms with Gasteiger partial charge in [-0.05, 0) is 25.1 Å². The van der Waals surface area contributed by atoms with Crippen LogP contribution in [0.25, 0.3) is 0 Å². The summed E-state index contributed by atoms with van der Waals surface area (Å²) in [5.74, 6) is 0. The van der Waals surface area contributed by atoms with Crippen molar-refractivity contribution >= 4 is 6.29 Å². The van der Waals surface area contributed by atoms with E-state index in [1.54, 1.807) is 6.07 Å². The minimum absolute atomic E-state index is 0.366. The van der Waals surface area contributed by atoms with E-state index in [-0.39, 0.29) is 0 Å². The average molecular weight is 162 g/mol. The molecule has 12 heavy (non-hydrogen) atoms. The number of aldehydes is 1. The molecule has 1 aromatic heterocycles. The van der Waals surface area contributed by atoms with Gasteiger partial charge in [-0.15, -0.1) is 0 Å². The van der Waals surface area contributed by atoms with E-state index in [0.29, 0.717) is 11.7 Å². The van der Waals surface area contributed by atoms with Crippen LogP contribution in [-0.4, -0.2) is 17.8 Å². The van der Waals surface area contributed by atoms with Gasteiger partial charge in [0, 0.05) is 0 Å². The number of nitrogens with zero attached hydrogens (tertiary/aromatic N) is 1. The van der Waals surface area contributed by atoms with Gasteiger partial charge in [0.2, 0.25) is 0 Å². The first-order chi connectivity index (χ1) is 5.90. The summed E-state index contributed by atoms with van der Waals surface area (Å²) in [6, 6.07) is 5.90. The van der Waals surface area contributed by atoms with Crippen molar-refractivity contribution < 1.29 is 4.79 Å². The SMILES string of the molecule is O=Cc1cccc(C2CCN2)n1. The average Bonchev–Trinajstić information content (AvgIpc) is 2.02. The van der Waals surface area contributed by atoms with Crippen molar-refractivity contribution in [3.63, 3.8) is 0 Å². The number of pyridine rings is 1. The Morgan fingerprint density at radius 3 is 3.00 bits per heavy atom. The van der Waals surface area contributed by atoms with Crippen LogP contribution in [0.2, 0.25) is 0 Å². The summed E-state index contributed by atoms with van der Waals surface area (Å²) in [6.07, 6.45) is 1.90. The largest absolute Gasteiger partial charge is 0.309 e. The number of aromatic nitrogens is 1. The van der Waals surface area contributed by atoms with Crippen molar-refractivity contribution in [3.05, 3.63) is 29.6 Å². The molecule has 1 aliphatic rings. The summed E-state index contributed by atoms with van der Waals surface area (Å²) in [4.78, 5) is 14.6. The summed E-state index contributed by atoms with van der Waals surface area (Å²) in [6.45, 7) is 1.05. The van der Waals surface area contributed by atoms with Crippen LogP contribution in [-0.2, 0) is 0 Å². The van der Waals surface area contributed by atoms with Crippen LogP contribution in [0.3, 0.4) is 0 Å². The van der Waals surface area contributed by atoms with Crippen molar-refractivity contribution in [3.8, 4) is 0 Å². The van der Waals surface area contributed by atoms with E-state index in [0.717, 1.165) is 24.9 Å². The van der Waals surface area contributed by atoms with Crippen LogP contribution in [0.4, 0.5) is 0 Å². The molecule has 0 bridgehead atoms.